The third kappa shape index (κ3) is 11.1. The van der Waals surface area contributed by atoms with Crippen molar-refractivity contribution in [3.63, 3.8) is 0 Å². The van der Waals surface area contributed by atoms with Crippen LogP contribution in [0.2, 0.25) is 0 Å². The molecule has 0 fully saturated rings. The van der Waals surface area contributed by atoms with Gasteiger partial charge in [-0.2, -0.15) is 26.3 Å². The van der Waals surface area contributed by atoms with E-state index < -0.39 is 46.7 Å². The van der Waals surface area contributed by atoms with E-state index in [4.69, 9.17) is 18.9 Å². The van der Waals surface area contributed by atoms with E-state index in [9.17, 15) is 35.9 Å². The summed E-state index contributed by atoms with van der Waals surface area (Å²) in [6, 6.07) is 7.08. The lowest BCUT2D eigenvalue weighted by atomic mass is 9.93. The van der Waals surface area contributed by atoms with Crippen LogP contribution in [-0.2, 0) is 31.4 Å². The van der Waals surface area contributed by atoms with E-state index in [1.54, 1.807) is 0 Å². The van der Waals surface area contributed by atoms with Crippen molar-refractivity contribution in [1.29, 1.82) is 0 Å². The number of carbonyl (C=O) groups is 2. The highest BCUT2D eigenvalue weighted by Gasteiger charge is 2.47. The van der Waals surface area contributed by atoms with E-state index in [-0.39, 0.29) is 38.4 Å². The van der Waals surface area contributed by atoms with Crippen molar-refractivity contribution in [2.24, 2.45) is 0 Å². The minimum Gasteiger partial charge on any atom is -0.494 e. The van der Waals surface area contributed by atoms with E-state index in [1.165, 1.54) is 24.3 Å². The van der Waals surface area contributed by atoms with Crippen molar-refractivity contribution in [1.82, 2.24) is 0 Å². The SMILES string of the molecule is C=CC(=O)OCCCCCCOc1ccc(-c2ccc(OCCCCOC(=O)C=C)cc2)c(C(F)(F)F)c1C(F)(F)F. The van der Waals surface area contributed by atoms with Crippen LogP contribution in [0.1, 0.15) is 49.7 Å². The largest absolute Gasteiger partial charge is 0.494 e. The van der Waals surface area contributed by atoms with Crippen LogP contribution in [0.3, 0.4) is 0 Å². The average Bonchev–Trinajstić information content (AvgIpc) is 2.94. The van der Waals surface area contributed by atoms with Crippen LogP contribution in [0.25, 0.3) is 11.1 Å². The first-order valence-corrected chi connectivity index (χ1v) is 13.1. The third-order valence-corrected chi connectivity index (χ3v) is 5.82. The zero-order chi connectivity index (χ0) is 31.2. The second-order valence-corrected chi connectivity index (χ2v) is 8.94. The van der Waals surface area contributed by atoms with Crippen LogP contribution in [0.4, 0.5) is 26.3 Å². The fraction of sp³-hybridized carbons (Fsp3) is 0.400. The molecule has 0 spiro atoms. The molecule has 12 heteroatoms. The molecule has 2 aromatic rings. The highest BCUT2D eigenvalue weighted by atomic mass is 19.4. The molecule has 0 atom stereocenters. The van der Waals surface area contributed by atoms with Crippen molar-refractivity contribution in [3.8, 4) is 22.6 Å². The van der Waals surface area contributed by atoms with Gasteiger partial charge in [-0.15, -0.1) is 0 Å². The summed E-state index contributed by atoms with van der Waals surface area (Å²) in [6.07, 6.45) is -5.68. The van der Waals surface area contributed by atoms with Crippen LogP contribution in [0.5, 0.6) is 11.5 Å². The van der Waals surface area contributed by atoms with Crippen molar-refractivity contribution >= 4 is 11.9 Å². The molecule has 0 aliphatic carbocycles. The smallest absolute Gasteiger partial charge is 0.420 e. The van der Waals surface area contributed by atoms with E-state index in [1.807, 2.05) is 0 Å². The maximum atomic E-state index is 14.1. The molecule has 2 rings (SSSR count). The molecule has 0 bridgehead atoms. The number of hydrogen-bond acceptors (Lipinski definition) is 6. The van der Waals surface area contributed by atoms with Gasteiger partial charge in [0.05, 0.1) is 32.0 Å². The number of hydrogen-bond donors (Lipinski definition) is 0. The Kier molecular flexibility index (Phi) is 13.4. The maximum absolute atomic E-state index is 14.1. The lowest BCUT2D eigenvalue weighted by Crippen LogP contribution is -2.20. The first-order chi connectivity index (χ1) is 19.9. The highest BCUT2D eigenvalue weighted by molar-refractivity contribution is 5.81. The summed E-state index contributed by atoms with van der Waals surface area (Å²) in [5.41, 5.74) is -4.45. The number of ether oxygens (including phenoxy) is 4. The van der Waals surface area contributed by atoms with Gasteiger partial charge in [-0.25, -0.2) is 9.59 Å². The van der Waals surface area contributed by atoms with E-state index in [0.29, 0.717) is 37.9 Å². The lowest BCUT2D eigenvalue weighted by Gasteiger charge is -2.22. The topological polar surface area (TPSA) is 71.1 Å². The molecule has 0 amide bonds. The van der Waals surface area contributed by atoms with E-state index >= 15 is 0 Å². The third-order valence-electron chi connectivity index (χ3n) is 5.82. The Morgan fingerprint density at radius 3 is 1.62 bits per heavy atom. The first-order valence-electron chi connectivity index (χ1n) is 13.1. The predicted molar refractivity (Wildman–Crippen MR) is 143 cm³/mol. The molecular formula is C30H32F6O6. The molecule has 230 valence electrons. The number of rotatable bonds is 17. The molecule has 0 saturated carbocycles. The van der Waals surface area contributed by atoms with Crippen LogP contribution < -0.4 is 9.47 Å². The molecular weight excluding hydrogens is 570 g/mol. The molecule has 0 aliphatic heterocycles. The van der Waals surface area contributed by atoms with Gasteiger partial charge in [0, 0.05) is 12.2 Å². The van der Waals surface area contributed by atoms with Crippen molar-refractivity contribution in [2.75, 3.05) is 26.4 Å². The summed E-state index contributed by atoms with van der Waals surface area (Å²) >= 11 is 0. The molecule has 0 aromatic heterocycles. The van der Waals surface area contributed by atoms with Gasteiger partial charge in [0.25, 0.3) is 0 Å². The van der Waals surface area contributed by atoms with Crippen molar-refractivity contribution in [3.05, 3.63) is 72.8 Å². The lowest BCUT2D eigenvalue weighted by molar-refractivity contribution is -0.162. The fourth-order valence-corrected chi connectivity index (χ4v) is 3.85. The number of halogens is 6. The number of esters is 2. The highest BCUT2D eigenvalue weighted by Crippen LogP contribution is 2.49. The molecule has 0 N–H and O–H groups in total. The van der Waals surface area contributed by atoms with Gasteiger partial charge >= 0.3 is 24.3 Å². The van der Waals surface area contributed by atoms with Gasteiger partial charge in [-0.1, -0.05) is 31.4 Å². The number of benzene rings is 2. The van der Waals surface area contributed by atoms with Gasteiger partial charge in [-0.05, 0) is 67.9 Å². The number of carbonyl (C=O) groups excluding carboxylic acids is 2. The van der Waals surface area contributed by atoms with Gasteiger partial charge in [0.2, 0.25) is 0 Å². The first kappa shape index (κ1) is 34.2. The molecule has 0 heterocycles. The second-order valence-electron chi connectivity index (χ2n) is 8.94. The van der Waals surface area contributed by atoms with E-state index in [0.717, 1.165) is 24.3 Å². The minimum absolute atomic E-state index is 0.0831. The maximum Gasteiger partial charge on any atom is 0.420 e. The number of alkyl halides is 6. The Morgan fingerprint density at radius 1 is 0.619 bits per heavy atom. The Labute approximate surface area is 239 Å². The second kappa shape index (κ2) is 16.5. The van der Waals surface area contributed by atoms with E-state index in [2.05, 4.69) is 13.2 Å². The van der Waals surface area contributed by atoms with Gasteiger partial charge in [0.15, 0.2) is 0 Å². The Bertz CT molecular complexity index is 1190. The average molecular weight is 603 g/mol. The zero-order valence-corrected chi connectivity index (χ0v) is 22.8. The fourth-order valence-electron chi connectivity index (χ4n) is 3.85. The van der Waals surface area contributed by atoms with Crippen LogP contribution in [-0.4, -0.2) is 38.4 Å². The quantitative estimate of drug-likeness (QED) is 0.0792. The number of unbranched alkanes of at least 4 members (excludes halogenated alkanes) is 4. The summed E-state index contributed by atoms with van der Waals surface area (Å²) in [7, 11) is 0. The van der Waals surface area contributed by atoms with Crippen molar-refractivity contribution < 1.29 is 54.9 Å². The Balaban J connectivity index is 2.10. The van der Waals surface area contributed by atoms with Gasteiger partial charge in [0.1, 0.15) is 17.1 Å². The summed E-state index contributed by atoms with van der Waals surface area (Å²) in [5.74, 6) is -1.71. The summed E-state index contributed by atoms with van der Waals surface area (Å²) in [4.78, 5) is 22.0. The normalized spacial score (nSPS) is 11.5. The molecule has 6 nitrogen and oxygen atoms in total. The van der Waals surface area contributed by atoms with Crippen molar-refractivity contribution in [2.45, 2.75) is 50.9 Å². The summed E-state index contributed by atoms with van der Waals surface area (Å²) in [5, 5.41) is 0. The molecule has 0 unspecified atom stereocenters. The minimum atomic E-state index is -5.34. The molecule has 0 radical (unpaired) electrons. The van der Waals surface area contributed by atoms with Crippen LogP contribution >= 0.6 is 0 Å². The molecule has 0 saturated heterocycles. The van der Waals surface area contributed by atoms with Gasteiger partial charge in [-0.3, -0.25) is 0 Å². The van der Waals surface area contributed by atoms with Gasteiger partial charge < -0.3 is 18.9 Å². The molecule has 42 heavy (non-hydrogen) atoms. The Hall–Kier alpha value is -3.96. The molecule has 2 aromatic carbocycles. The standard InChI is InChI=1S/C30H32F6O6/c1-3-25(37)41-19-8-6-5-7-18-40-24-16-15-23(27(29(31,32)33)28(24)30(34,35)36)21-11-13-22(14-12-21)39-17-9-10-20-42-26(38)4-2/h3-4,11-16H,1-2,5-10,17-20H2. The Morgan fingerprint density at radius 2 is 1.10 bits per heavy atom. The van der Waals surface area contributed by atoms with Crippen LogP contribution in [0, 0.1) is 0 Å². The molecule has 0 aliphatic rings. The predicted octanol–water partition coefficient (Wildman–Crippen LogP) is 7.95. The summed E-state index contributed by atoms with van der Waals surface area (Å²) < 4.78 is 105. The van der Waals surface area contributed by atoms with Crippen LogP contribution in [0.15, 0.2) is 61.7 Å². The summed E-state index contributed by atoms with van der Waals surface area (Å²) in [6.45, 7) is 6.87. The monoisotopic (exact) mass is 602 g/mol. The zero-order valence-electron chi connectivity index (χ0n) is 22.8.